The molecule has 3 rings (SSSR count). The Balaban J connectivity index is 1.54. The van der Waals surface area contributed by atoms with Gasteiger partial charge in [0, 0.05) is 12.5 Å². The summed E-state index contributed by atoms with van der Waals surface area (Å²) in [5.74, 6) is 0. The van der Waals surface area contributed by atoms with E-state index in [0.29, 0.717) is 13.0 Å². The van der Waals surface area contributed by atoms with Gasteiger partial charge in [0.15, 0.2) is 6.10 Å². The van der Waals surface area contributed by atoms with Crippen molar-refractivity contribution < 1.29 is 9.63 Å². The zero-order chi connectivity index (χ0) is 17.6. The first-order chi connectivity index (χ1) is 12.1. The summed E-state index contributed by atoms with van der Waals surface area (Å²) in [6, 6.07) is 18.5. The average molecular weight is 337 g/mol. The Kier molecular flexibility index (Phi) is 5.33. The molecule has 130 valence electrons. The van der Waals surface area contributed by atoms with Crippen LogP contribution in [0.3, 0.4) is 0 Å². The molecule has 1 aliphatic rings. The average Bonchev–Trinajstić information content (AvgIpc) is 3.09. The minimum Gasteiger partial charge on any atom is -0.390 e. The lowest BCUT2D eigenvalue weighted by Crippen LogP contribution is -2.42. The van der Waals surface area contributed by atoms with E-state index < -0.39 is 0 Å². The molecule has 25 heavy (non-hydrogen) atoms. The Labute approximate surface area is 148 Å². The molecule has 0 fully saturated rings. The topological polar surface area (TPSA) is 62.7 Å². The largest absolute Gasteiger partial charge is 0.390 e. The number of hydrogen-bond donors (Lipinski definition) is 2. The molecule has 2 aromatic rings. The first kappa shape index (κ1) is 17.0. The molecule has 1 heterocycles. The van der Waals surface area contributed by atoms with Crippen molar-refractivity contribution in [2.75, 3.05) is 6.54 Å². The van der Waals surface area contributed by atoms with Crippen LogP contribution in [0.1, 0.15) is 25.8 Å². The molecular weight excluding hydrogens is 314 g/mol. The number of nitrogens with zero attached hydrogens (tertiary/aromatic N) is 1. The van der Waals surface area contributed by atoms with Gasteiger partial charge >= 0.3 is 6.03 Å². The molecule has 2 amide bonds. The molecule has 5 nitrogen and oxygen atoms in total. The number of hydrogen-bond acceptors (Lipinski definition) is 3. The highest BCUT2D eigenvalue weighted by atomic mass is 16.6. The molecule has 0 aromatic heterocycles. The van der Waals surface area contributed by atoms with Gasteiger partial charge in [0.2, 0.25) is 0 Å². The third kappa shape index (κ3) is 4.59. The molecule has 2 N–H and O–H groups in total. The van der Waals surface area contributed by atoms with Crippen LogP contribution in [0.4, 0.5) is 4.79 Å². The molecule has 0 unspecified atom stereocenters. The fraction of sp³-hybridized carbons (Fsp3) is 0.300. The van der Waals surface area contributed by atoms with Crippen LogP contribution >= 0.6 is 0 Å². The van der Waals surface area contributed by atoms with Crippen molar-refractivity contribution in [2.45, 2.75) is 32.4 Å². The normalized spacial score (nSPS) is 16.3. The zero-order valence-corrected chi connectivity index (χ0v) is 14.5. The molecule has 1 aliphatic heterocycles. The highest BCUT2D eigenvalue weighted by Gasteiger charge is 2.22. The minimum absolute atomic E-state index is 0.111. The summed E-state index contributed by atoms with van der Waals surface area (Å²) < 4.78 is 0. The first-order valence-corrected chi connectivity index (χ1v) is 8.55. The van der Waals surface area contributed by atoms with Gasteiger partial charge in [-0.3, -0.25) is 0 Å². The van der Waals surface area contributed by atoms with Gasteiger partial charge in [-0.1, -0.05) is 59.8 Å². The van der Waals surface area contributed by atoms with E-state index >= 15 is 0 Å². The van der Waals surface area contributed by atoms with Crippen molar-refractivity contribution in [3.63, 3.8) is 0 Å². The maximum atomic E-state index is 11.6. The summed E-state index contributed by atoms with van der Waals surface area (Å²) in [5, 5.41) is 9.77. The number of amides is 2. The lowest BCUT2D eigenvalue weighted by atomic mass is 10.0. The predicted octanol–water partition coefficient (Wildman–Crippen LogP) is 3.55. The lowest BCUT2D eigenvalue weighted by Gasteiger charge is -2.12. The van der Waals surface area contributed by atoms with E-state index in [4.69, 9.17) is 4.84 Å². The highest BCUT2D eigenvalue weighted by molar-refractivity contribution is 6.01. The number of oxime groups is 1. The molecule has 0 aliphatic carbocycles. The zero-order valence-electron chi connectivity index (χ0n) is 14.5. The third-order valence-corrected chi connectivity index (χ3v) is 3.97. The van der Waals surface area contributed by atoms with Crippen molar-refractivity contribution in [1.29, 1.82) is 0 Å². The van der Waals surface area contributed by atoms with Gasteiger partial charge in [0.05, 0.1) is 12.3 Å². The van der Waals surface area contributed by atoms with Gasteiger partial charge in [-0.2, -0.15) is 0 Å². The van der Waals surface area contributed by atoms with Gasteiger partial charge in [-0.15, -0.1) is 0 Å². The van der Waals surface area contributed by atoms with E-state index in [0.717, 1.165) is 11.3 Å². The van der Waals surface area contributed by atoms with Crippen LogP contribution in [0.25, 0.3) is 11.1 Å². The number of carbonyl (C=O) groups is 1. The molecule has 0 bridgehead atoms. The van der Waals surface area contributed by atoms with Gasteiger partial charge in [0.1, 0.15) is 0 Å². The van der Waals surface area contributed by atoms with Crippen LogP contribution in [0, 0.1) is 0 Å². The minimum atomic E-state index is -0.181. The Morgan fingerprint density at radius 3 is 2.40 bits per heavy atom. The molecule has 1 atom stereocenters. The van der Waals surface area contributed by atoms with E-state index in [2.05, 4.69) is 52.2 Å². The van der Waals surface area contributed by atoms with Gasteiger partial charge < -0.3 is 15.5 Å². The van der Waals surface area contributed by atoms with Gasteiger partial charge in [0.25, 0.3) is 0 Å². The standard InChI is InChI=1S/C20H23N3O2/c1-14(2)22-20(24)21-13-18-12-19(23-25-18)17-10-8-16(9-11-17)15-6-4-3-5-7-15/h3-11,14,18H,12-13H2,1-2H3,(H2,21,22,24)/t18-/m0/s1. The Hall–Kier alpha value is -2.82. The SMILES string of the molecule is CC(C)NC(=O)NC[C@@H]1CC(c2ccc(-c3ccccc3)cc2)=NO1. The van der Waals surface area contributed by atoms with Crippen molar-refractivity contribution >= 4 is 11.7 Å². The summed E-state index contributed by atoms with van der Waals surface area (Å²) >= 11 is 0. The number of benzene rings is 2. The maximum absolute atomic E-state index is 11.6. The second-order valence-electron chi connectivity index (χ2n) is 6.42. The fourth-order valence-electron chi connectivity index (χ4n) is 2.71. The highest BCUT2D eigenvalue weighted by Crippen LogP contribution is 2.22. The van der Waals surface area contributed by atoms with Crippen molar-refractivity contribution in [3.8, 4) is 11.1 Å². The van der Waals surface area contributed by atoms with Crippen molar-refractivity contribution in [2.24, 2.45) is 5.16 Å². The van der Waals surface area contributed by atoms with E-state index in [1.807, 2.05) is 32.0 Å². The monoisotopic (exact) mass is 337 g/mol. The summed E-state index contributed by atoms with van der Waals surface area (Å²) in [5.41, 5.74) is 4.33. The quantitative estimate of drug-likeness (QED) is 0.876. The Bertz CT molecular complexity index is 739. The lowest BCUT2D eigenvalue weighted by molar-refractivity contribution is 0.0864. The van der Waals surface area contributed by atoms with Crippen LogP contribution in [-0.2, 0) is 4.84 Å². The number of nitrogens with one attached hydrogen (secondary N) is 2. The Morgan fingerprint density at radius 1 is 1.08 bits per heavy atom. The van der Waals surface area contributed by atoms with Crippen LogP contribution in [0.15, 0.2) is 59.8 Å². The first-order valence-electron chi connectivity index (χ1n) is 8.55. The summed E-state index contributed by atoms with van der Waals surface area (Å²) in [7, 11) is 0. The number of urea groups is 1. The van der Waals surface area contributed by atoms with E-state index in [1.165, 1.54) is 11.1 Å². The molecule has 5 heteroatoms. The van der Waals surface area contributed by atoms with Crippen LogP contribution in [-0.4, -0.2) is 30.4 Å². The molecule has 0 spiro atoms. The van der Waals surface area contributed by atoms with Crippen molar-refractivity contribution in [3.05, 3.63) is 60.2 Å². The van der Waals surface area contributed by atoms with Gasteiger partial charge in [-0.25, -0.2) is 4.79 Å². The van der Waals surface area contributed by atoms with Crippen LogP contribution in [0.2, 0.25) is 0 Å². The van der Waals surface area contributed by atoms with Crippen molar-refractivity contribution in [1.82, 2.24) is 10.6 Å². The van der Waals surface area contributed by atoms with E-state index in [1.54, 1.807) is 0 Å². The third-order valence-electron chi connectivity index (χ3n) is 3.97. The van der Waals surface area contributed by atoms with E-state index in [-0.39, 0.29) is 18.2 Å². The molecule has 0 saturated carbocycles. The fourth-order valence-corrected chi connectivity index (χ4v) is 2.71. The Morgan fingerprint density at radius 2 is 1.72 bits per heavy atom. The van der Waals surface area contributed by atoms with Crippen LogP contribution < -0.4 is 10.6 Å². The molecular formula is C20H23N3O2. The van der Waals surface area contributed by atoms with Gasteiger partial charge in [-0.05, 0) is 30.5 Å². The van der Waals surface area contributed by atoms with Crippen LogP contribution in [0.5, 0.6) is 0 Å². The predicted molar refractivity (Wildman–Crippen MR) is 99.6 cm³/mol. The summed E-state index contributed by atoms with van der Waals surface area (Å²) in [6.07, 6.45) is 0.564. The molecule has 0 saturated heterocycles. The molecule has 0 radical (unpaired) electrons. The maximum Gasteiger partial charge on any atom is 0.315 e. The second-order valence-corrected chi connectivity index (χ2v) is 6.42. The summed E-state index contributed by atoms with van der Waals surface area (Å²) in [4.78, 5) is 17.1. The van der Waals surface area contributed by atoms with E-state index in [9.17, 15) is 4.79 Å². The smallest absolute Gasteiger partial charge is 0.315 e. The summed E-state index contributed by atoms with van der Waals surface area (Å²) in [6.45, 7) is 4.28. The number of carbonyl (C=O) groups excluding carboxylic acids is 1. The second kappa shape index (κ2) is 7.83. The molecule has 2 aromatic carbocycles. The number of rotatable bonds is 5.